The Labute approximate surface area is 114 Å². The molecule has 0 amide bonds. The van der Waals surface area contributed by atoms with Crippen LogP contribution in [-0.2, 0) is 11.3 Å². The number of carboxylic acid groups (broad SMARTS) is 1. The number of hydrogen-bond donors (Lipinski definition) is 1. The fourth-order valence-corrected chi connectivity index (χ4v) is 1.70. The van der Waals surface area contributed by atoms with Crippen LogP contribution in [0.1, 0.15) is 36.7 Å². The molecule has 0 atom stereocenters. The molecule has 0 radical (unpaired) electrons. The van der Waals surface area contributed by atoms with Crippen LogP contribution in [0.15, 0.2) is 36.5 Å². The lowest BCUT2D eigenvalue weighted by Gasteiger charge is -2.03. The van der Waals surface area contributed by atoms with Crippen molar-refractivity contribution >= 4 is 5.97 Å². The Hall–Kier alpha value is -1.68. The minimum Gasteiger partial charge on any atom is -0.473 e. The van der Waals surface area contributed by atoms with Crippen LogP contribution in [0.2, 0.25) is 0 Å². The van der Waals surface area contributed by atoms with E-state index in [0.717, 1.165) is 24.8 Å². The second kappa shape index (κ2) is 8.43. The number of aryl methyl sites for hydroxylation is 1. The van der Waals surface area contributed by atoms with Gasteiger partial charge in [-0.3, -0.25) is 0 Å². The van der Waals surface area contributed by atoms with E-state index in [1.807, 2.05) is 13.0 Å². The molecule has 19 heavy (non-hydrogen) atoms. The highest BCUT2D eigenvalue weighted by Gasteiger charge is 2.16. The van der Waals surface area contributed by atoms with Crippen LogP contribution in [0.4, 0.5) is 0 Å². The number of ether oxygens (including phenoxy) is 1. The quantitative estimate of drug-likeness (QED) is 0.423. The highest BCUT2D eigenvalue weighted by molar-refractivity contribution is 5.83. The van der Waals surface area contributed by atoms with Gasteiger partial charge in [-0.05, 0) is 25.8 Å². The molecule has 0 spiro atoms. The van der Waals surface area contributed by atoms with Crippen molar-refractivity contribution in [3.05, 3.63) is 42.2 Å². The van der Waals surface area contributed by atoms with Crippen LogP contribution >= 0.6 is 0 Å². The smallest absolute Gasteiger partial charge is 0.401 e. The summed E-state index contributed by atoms with van der Waals surface area (Å²) in [6.45, 7) is 7.93. The molecule has 4 nitrogen and oxygen atoms in total. The van der Waals surface area contributed by atoms with Crippen LogP contribution < -0.4 is 4.57 Å². The number of pyridine rings is 1. The summed E-state index contributed by atoms with van der Waals surface area (Å²) in [7, 11) is 0. The molecule has 0 saturated carbocycles. The lowest BCUT2D eigenvalue weighted by atomic mass is 10.2. The van der Waals surface area contributed by atoms with Crippen molar-refractivity contribution in [1.82, 2.24) is 0 Å². The van der Waals surface area contributed by atoms with Crippen LogP contribution in [-0.4, -0.2) is 24.3 Å². The van der Waals surface area contributed by atoms with Gasteiger partial charge in [0.25, 0.3) is 5.69 Å². The third-order valence-corrected chi connectivity index (χ3v) is 2.77. The van der Waals surface area contributed by atoms with Gasteiger partial charge in [-0.25, -0.2) is 4.79 Å². The summed E-state index contributed by atoms with van der Waals surface area (Å²) in [6.07, 6.45) is 4.53. The third kappa shape index (κ3) is 6.15. The summed E-state index contributed by atoms with van der Waals surface area (Å²) in [5, 5.41) is 9.04. The fourth-order valence-electron chi connectivity index (χ4n) is 1.70. The first-order valence-corrected chi connectivity index (χ1v) is 6.55. The molecule has 0 aliphatic rings. The monoisotopic (exact) mass is 264 g/mol. The molecule has 1 aromatic heterocycles. The van der Waals surface area contributed by atoms with Crippen molar-refractivity contribution in [1.29, 1.82) is 0 Å². The van der Waals surface area contributed by atoms with Crippen molar-refractivity contribution in [2.45, 2.75) is 32.7 Å². The summed E-state index contributed by atoms with van der Waals surface area (Å²) < 4.78 is 7.23. The zero-order valence-electron chi connectivity index (χ0n) is 11.5. The average Bonchev–Trinajstić information content (AvgIpc) is 2.37. The molecule has 0 saturated heterocycles. The zero-order valence-corrected chi connectivity index (χ0v) is 11.5. The Morgan fingerprint density at radius 1 is 1.37 bits per heavy atom. The van der Waals surface area contributed by atoms with E-state index >= 15 is 0 Å². The zero-order chi connectivity index (χ0) is 14.1. The normalized spacial score (nSPS) is 10.4. The Morgan fingerprint density at radius 2 is 2.16 bits per heavy atom. The SMILES string of the molecule is C=C(C)CCOCCCC[n+]1ccccc1C(=O)O. The van der Waals surface area contributed by atoms with Crippen LogP contribution in [0.25, 0.3) is 0 Å². The van der Waals surface area contributed by atoms with Gasteiger partial charge in [0.2, 0.25) is 0 Å². The molecule has 1 rings (SSSR count). The summed E-state index contributed by atoms with van der Waals surface area (Å²) in [6, 6.07) is 5.20. The number of carboxylic acids is 1. The van der Waals surface area contributed by atoms with Gasteiger partial charge in [-0.1, -0.05) is 5.57 Å². The number of nitrogens with zero attached hydrogens (tertiary/aromatic N) is 1. The predicted molar refractivity (Wildman–Crippen MR) is 73.1 cm³/mol. The number of carbonyl (C=O) groups is 1. The van der Waals surface area contributed by atoms with Gasteiger partial charge in [-0.15, -0.1) is 6.58 Å². The van der Waals surface area contributed by atoms with E-state index in [1.54, 1.807) is 22.9 Å². The molecule has 1 aromatic rings. The molecule has 104 valence electrons. The topological polar surface area (TPSA) is 50.4 Å². The van der Waals surface area contributed by atoms with Gasteiger partial charge in [0, 0.05) is 25.2 Å². The highest BCUT2D eigenvalue weighted by atomic mass is 16.5. The summed E-state index contributed by atoms with van der Waals surface area (Å²) >= 11 is 0. The van der Waals surface area contributed by atoms with Gasteiger partial charge < -0.3 is 9.84 Å². The molecule has 0 bridgehead atoms. The van der Waals surface area contributed by atoms with E-state index < -0.39 is 5.97 Å². The molecule has 0 unspecified atom stereocenters. The molecular weight excluding hydrogens is 242 g/mol. The highest BCUT2D eigenvalue weighted by Crippen LogP contribution is 1.98. The van der Waals surface area contributed by atoms with Crippen molar-refractivity contribution in [3.8, 4) is 0 Å². The van der Waals surface area contributed by atoms with Crippen LogP contribution in [0.5, 0.6) is 0 Å². The van der Waals surface area contributed by atoms with E-state index in [1.165, 1.54) is 0 Å². The lowest BCUT2D eigenvalue weighted by molar-refractivity contribution is -0.699. The van der Waals surface area contributed by atoms with Gasteiger partial charge in [0.15, 0.2) is 6.20 Å². The first-order chi connectivity index (χ1) is 9.11. The Bertz CT molecular complexity index is 429. The Balaban J connectivity index is 2.23. The number of hydrogen-bond acceptors (Lipinski definition) is 2. The largest absolute Gasteiger partial charge is 0.473 e. The second-order valence-corrected chi connectivity index (χ2v) is 4.61. The molecule has 0 aromatic carbocycles. The Kier molecular flexibility index (Phi) is 6.82. The first-order valence-electron chi connectivity index (χ1n) is 6.55. The minimum absolute atomic E-state index is 0.325. The number of aromatic carboxylic acids is 1. The molecule has 0 fully saturated rings. The average molecular weight is 264 g/mol. The standard InChI is InChI=1S/C15H21NO3/c1-13(2)8-12-19-11-6-5-10-16-9-4-3-7-14(16)15(17)18/h3-4,7,9H,1,5-6,8,10-12H2,2H3/p+1. The van der Waals surface area contributed by atoms with Crippen LogP contribution in [0.3, 0.4) is 0 Å². The maximum atomic E-state index is 11.0. The van der Waals surface area contributed by atoms with Crippen molar-refractivity contribution < 1.29 is 19.2 Å². The van der Waals surface area contributed by atoms with Gasteiger partial charge in [0.05, 0.1) is 6.61 Å². The summed E-state index contributed by atoms with van der Waals surface area (Å²) in [5.41, 5.74) is 1.46. The maximum Gasteiger partial charge on any atom is 0.401 e. The number of unbranched alkanes of at least 4 members (excludes halogenated alkanes) is 1. The molecule has 0 aliphatic heterocycles. The van der Waals surface area contributed by atoms with Gasteiger partial charge in [0.1, 0.15) is 6.54 Å². The van der Waals surface area contributed by atoms with Crippen molar-refractivity contribution in [3.63, 3.8) is 0 Å². The van der Waals surface area contributed by atoms with Gasteiger partial charge in [-0.2, -0.15) is 4.57 Å². The van der Waals surface area contributed by atoms with Crippen molar-refractivity contribution in [2.75, 3.05) is 13.2 Å². The molecule has 4 heteroatoms. The molecule has 1 N–H and O–H groups in total. The lowest BCUT2D eigenvalue weighted by Crippen LogP contribution is -2.40. The first kappa shape index (κ1) is 15.4. The van der Waals surface area contributed by atoms with Crippen molar-refractivity contribution in [2.24, 2.45) is 0 Å². The fraction of sp³-hybridized carbons (Fsp3) is 0.467. The maximum absolute atomic E-state index is 11.0. The molecule has 0 aliphatic carbocycles. The molecular formula is C15H22NO3+. The molecule has 1 heterocycles. The van der Waals surface area contributed by atoms with Gasteiger partial charge >= 0.3 is 5.97 Å². The van der Waals surface area contributed by atoms with E-state index in [0.29, 0.717) is 25.5 Å². The van der Waals surface area contributed by atoms with E-state index in [9.17, 15) is 4.79 Å². The Morgan fingerprint density at radius 3 is 2.84 bits per heavy atom. The van der Waals surface area contributed by atoms with Crippen LogP contribution in [0, 0.1) is 0 Å². The van der Waals surface area contributed by atoms with E-state index in [4.69, 9.17) is 9.84 Å². The predicted octanol–water partition coefficient (Wildman–Crippen LogP) is 2.44. The summed E-state index contributed by atoms with van der Waals surface area (Å²) in [5.74, 6) is -0.890. The summed E-state index contributed by atoms with van der Waals surface area (Å²) in [4.78, 5) is 11.0. The van der Waals surface area contributed by atoms with E-state index in [2.05, 4.69) is 6.58 Å². The van der Waals surface area contributed by atoms with E-state index in [-0.39, 0.29) is 0 Å². The number of aromatic nitrogens is 1. The second-order valence-electron chi connectivity index (χ2n) is 4.61. The third-order valence-electron chi connectivity index (χ3n) is 2.77. The number of rotatable bonds is 9. The minimum atomic E-state index is -0.890.